The molecule has 0 aliphatic carbocycles. The second-order valence-corrected chi connectivity index (χ2v) is 7.87. The molecule has 3 unspecified atom stereocenters. The van der Waals surface area contributed by atoms with Crippen molar-refractivity contribution in [3.63, 3.8) is 0 Å². The number of nitrogens with zero attached hydrogens (tertiary/aromatic N) is 2. The molecule has 1 aromatic heterocycles. The fourth-order valence-electron chi connectivity index (χ4n) is 4.32. The van der Waals surface area contributed by atoms with Gasteiger partial charge in [0.1, 0.15) is 11.4 Å². The van der Waals surface area contributed by atoms with Gasteiger partial charge in [-0.15, -0.1) is 0 Å². The molecule has 2 aromatic rings. The predicted molar refractivity (Wildman–Crippen MR) is 113 cm³/mol. The predicted octanol–water partition coefficient (Wildman–Crippen LogP) is 1.47. The third-order valence-corrected chi connectivity index (χ3v) is 5.90. The van der Waals surface area contributed by atoms with E-state index in [2.05, 4.69) is 10.2 Å². The summed E-state index contributed by atoms with van der Waals surface area (Å²) in [5.74, 6) is 1.08. The first-order valence-electron chi connectivity index (χ1n) is 9.72. The highest BCUT2D eigenvalue weighted by atomic mass is 32.1. The molecule has 2 aliphatic rings. The second-order valence-electron chi connectivity index (χ2n) is 7.48. The van der Waals surface area contributed by atoms with Crippen LogP contribution in [0.25, 0.3) is 0 Å². The van der Waals surface area contributed by atoms with E-state index >= 15 is 0 Å². The summed E-state index contributed by atoms with van der Waals surface area (Å²) in [7, 11) is 0. The van der Waals surface area contributed by atoms with Gasteiger partial charge >= 0.3 is 0 Å². The minimum atomic E-state index is -1.04. The maximum Gasteiger partial charge on any atom is 0.250 e. The molecule has 4 rings (SSSR count). The van der Waals surface area contributed by atoms with Gasteiger partial charge in [-0.05, 0) is 49.7 Å². The van der Waals surface area contributed by atoms with E-state index in [1.807, 2.05) is 23.6 Å². The van der Waals surface area contributed by atoms with Crippen molar-refractivity contribution >= 4 is 28.7 Å². The molecule has 0 saturated carbocycles. The molecule has 2 bridgehead atoms. The molecule has 1 saturated heterocycles. The van der Waals surface area contributed by atoms with Crippen LogP contribution >= 0.6 is 12.2 Å². The number of piperidine rings is 1. The van der Waals surface area contributed by atoms with E-state index in [0.717, 1.165) is 18.7 Å². The average molecular weight is 417 g/mol. The summed E-state index contributed by atoms with van der Waals surface area (Å²) in [4.78, 5) is 14.3. The monoisotopic (exact) mass is 416 g/mol. The molecule has 3 atom stereocenters. The fraction of sp³-hybridized carbons (Fsp3) is 0.400. The van der Waals surface area contributed by atoms with Crippen LogP contribution in [0.1, 0.15) is 25.0 Å². The van der Waals surface area contributed by atoms with E-state index in [4.69, 9.17) is 17.0 Å². The van der Waals surface area contributed by atoms with Crippen molar-refractivity contribution in [3.8, 4) is 5.75 Å². The standard InChI is InChI=1S/C20H24N4O4S/c1-2-28-15-6-7-16(18(9-15)24(26)27)21-20(29)22-10-13-8-14(12-22)17-4-3-5-19(25)23(17)11-13/h3-7,9,13-14,24,26H,2,8,10-12H2,1H3,(H,21,29). The molecule has 154 valence electrons. The van der Waals surface area contributed by atoms with E-state index in [0.29, 0.717) is 42.2 Å². The summed E-state index contributed by atoms with van der Waals surface area (Å²) in [6.07, 6.45) is 1.03. The number of likely N-dealkylation sites (tertiary alicyclic amines) is 1. The largest absolute Gasteiger partial charge is 0.595 e. The Morgan fingerprint density at radius 1 is 1.34 bits per heavy atom. The van der Waals surface area contributed by atoms with Crippen molar-refractivity contribution in [2.45, 2.75) is 25.8 Å². The first-order chi connectivity index (χ1) is 14.0. The van der Waals surface area contributed by atoms with Crippen LogP contribution in [-0.4, -0.2) is 39.5 Å². The smallest absolute Gasteiger partial charge is 0.250 e. The van der Waals surface area contributed by atoms with Gasteiger partial charge in [0.15, 0.2) is 10.8 Å². The fourth-order valence-corrected chi connectivity index (χ4v) is 4.58. The van der Waals surface area contributed by atoms with E-state index in [1.165, 1.54) is 6.07 Å². The lowest BCUT2D eigenvalue weighted by Gasteiger charge is -2.43. The molecule has 3 heterocycles. The van der Waals surface area contributed by atoms with Crippen LogP contribution in [-0.2, 0) is 6.54 Å². The number of nitrogens with one attached hydrogen (secondary N) is 2. The normalized spacial score (nSPS) is 21.3. The summed E-state index contributed by atoms with van der Waals surface area (Å²) in [5.41, 5.74) is 1.66. The van der Waals surface area contributed by atoms with Crippen LogP contribution in [0.15, 0.2) is 41.2 Å². The number of thiocarbonyl (C=S) groups is 1. The number of hydrogen-bond acceptors (Lipinski definition) is 5. The van der Waals surface area contributed by atoms with Crippen molar-refractivity contribution < 1.29 is 15.2 Å². The van der Waals surface area contributed by atoms with E-state index in [1.54, 1.807) is 18.2 Å². The van der Waals surface area contributed by atoms with Gasteiger partial charge in [-0.2, -0.15) is 5.23 Å². The zero-order valence-electron chi connectivity index (χ0n) is 16.1. The van der Waals surface area contributed by atoms with Gasteiger partial charge in [-0.3, -0.25) is 4.79 Å². The zero-order valence-corrected chi connectivity index (χ0v) is 16.9. The van der Waals surface area contributed by atoms with Crippen molar-refractivity contribution in [3.05, 3.63) is 57.7 Å². The van der Waals surface area contributed by atoms with Gasteiger partial charge in [0.2, 0.25) is 0 Å². The number of pyridine rings is 1. The van der Waals surface area contributed by atoms with Crippen LogP contribution in [0.4, 0.5) is 11.4 Å². The molecule has 3 N–H and O–H groups in total. The number of rotatable bonds is 4. The summed E-state index contributed by atoms with van der Waals surface area (Å²) in [6, 6.07) is 10.3. The highest BCUT2D eigenvalue weighted by Gasteiger charge is 2.35. The Balaban J connectivity index is 1.52. The van der Waals surface area contributed by atoms with Crippen molar-refractivity contribution in [1.29, 1.82) is 0 Å². The Bertz CT molecular complexity index is 977. The van der Waals surface area contributed by atoms with Gasteiger partial charge < -0.3 is 24.7 Å². The number of hydrogen-bond donors (Lipinski definition) is 3. The molecule has 0 spiro atoms. The second kappa shape index (κ2) is 8.11. The maximum absolute atomic E-state index is 12.2. The third-order valence-electron chi connectivity index (χ3n) is 5.54. The topological polar surface area (TPSA) is 94.2 Å². The Kier molecular flexibility index (Phi) is 5.55. The van der Waals surface area contributed by atoms with E-state index in [-0.39, 0.29) is 17.2 Å². The molecule has 1 fully saturated rings. The molecular formula is C20H24N4O4S. The highest BCUT2D eigenvalue weighted by molar-refractivity contribution is 7.80. The molecule has 29 heavy (non-hydrogen) atoms. The van der Waals surface area contributed by atoms with Gasteiger partial charge in [0.05, 0.1) is 6.61 Å². The average Bonchev–Trinajstić information content (AvgIpc) is 2.70. The summed E-state index contributed by atoms with van der Waals surface area (Å²) in [5, 5.41) is 23.8. The van der Waals surface area contributed by atoms with Crippen molar-refractivity contribution in [2.24, 2.45) is 5.92 Å². The molecule has 0 amide bonds. The lowest BCUT2D eigenvalue weighted by Crippen LogP contribution is -2.99. The number of anilines is 1. The third kappa shape index (κ3) is 3.99. The quantitative estimate of drug-likeness (QED) is 0.513. The van der Waals surface area contributed by atoms with Gasteiger partial charge in [0.25, 0.3) is 5.56 Å². The summed E-state index contributed by atoms with van der Waals surface area (Å²) >= 11 is 5.61. The highest BCUT2D eigenvalue weighted by Crippen LogP contribution is 2.35. The van der Waals surface area contributed by atoms with Crippen molar-refractivity contribution in [1.82, 2.24) is 9.47 Å². The van der Waals surface area contributed by atoms with Crippen LogP contribution in [0.3, 0.4) is 0 Å². The first kappa shape index (κ1) is 19.8. The summed E-state index contributed by atoms with van der Waals surface area (Å²) < 4.78 is 7.28. The van der Waals surface area contributed by atoms with E-state index < -0.39 is 5.23 Å². The van der Waals surface area contributed by atoms with E-state index in [9.17, 15) is 15.2 Å². The molecule has 8 nitrogen and oxygen atoms in total. The minimum absolute atomic E-state index is 0.0480. The number of benzene rings is 1. The lowest BCUT2D eigenvalue weighted by molar-refractivity contribution is -0.990. The van der Waals surface area contributed by atoms with Gasteiger partial charge in [-0.25, -0.2) is 5.21 Å². The molecule has 0 radical (unpaired) electrons. The van der Waals surface area contributed by atoms with Gasteiger partial charge in [0, 0.05) is 43.4 Å². The number of aromatic nitrogens is 1. The maximum atomic E-state index is 12.2. The number of ether oxygens (including phenoxy) is 1. The molecular weight excluding hydrogens is 392 g/mol. The lowest BCUT2D eigenvalue weighted by atomic mass is 9.83. The Labute approximate surface area is 173 Å². The zero-order chi connectivity index (χ0) is 20.5. The van der Waals surface area contributed by atoms with Gasteiger partial charge in [-0.1, -0.05) is 6.07 Å². The molecule has 2 aliphatic heterocycles. The Hall–Kier alpha value is -2.46. The van der Waals surface area contributed by atoms with Crippen LogP contribution in [0.2, 0.25) is 0 Å². The Morgan fingerprint density at radius 3 is 2.93 bits per heavy atom. The molecule has 1 aromatic carbocycles. The summed E-state index contributed by atoms with van der Waals surface area (Å²) in [6.45, 7) is 4.44. The Morgan fingerprint density at radius 2 is 2.17 bits per heavy atom. The minimum Gasteiger partial charge on any atom is -0.595 e. The van der Waals surface area contributed by atoms with Crippen LogP contribution < -0.4 is 20.8 Å². The first-order valence-corrected chi connectivity index (χ1v) is 10.1. The number of fused-ring (bicyclic) bond motifs is 4. The SMILES string of the molecule is CCOc1ccc(NC(=S)N2CC3CC(C2)c2cccc(=O)n2C3)c([NH+]([O-])O)c1. The van der Waals surface area contributed by atoms with Crippen LogP contribution in [0, 0.1) is 11.1 Å². The van der Waals surface area contributed by atoms with Crippen molar-refractivity contribution in [2.75, 3.05) is 25.0 Å². The molecule has 9 heteroatoms. The number of quaternary nitrogens is 1. The van der Waals surface area contributed by atoms with Crippen LogP contribution in [0.5, 0.6) is 5.75 Å².